The Morgan fingerprint density at radius 1 is 1.35 bits per heavy atom. The minimum atomic E-state index is -4.35. The van der Waals surface area contributed by atoms with E-state index in [1.54, 1.807) is 25.1 Å². The van der Waals surface area contributed by atoms with Crippen LogP contribution in [0.2, 0.25) is 0 Å². The van der Waals surface area contributed by atoms with Gasteiger partial charge in [-0.2, -0.15) is 0 Å². The number of benzene rings is 1. The first-order valence-corrected chi connectivity index (χ1v) is 7.67. The highest BCUT2D eigenvalue weighted by Crippen LogP contribution is 2.53. The third-order valence-corrected chi connectivity index (χ3v) is 5.24. The first kappa shape index (κ1) is 15.2. The topological polar surface area (TPSA) is 20.2 Å². The normalized spacial score (nSPS) is 13.8. The molecular formula is C14H12F3OS2+. The molecule has 0 aliphatic rings. The second-order valence-electron chi connectivity index (χ2n) is 4.08. The van der Waals surface area contributed by atoms with Crippen molar-refractivity contribution < 1.29 is 17.7 Å². The molecule has 0 fully saturated rings. The zero-order valence-corrected chi connectivity index (χ0v) is 12.2. The molecule has 106 valence electrons. The molecule has 1 heterocycles. The van der Waals surface area contributed by atoms with Crippen molar-refractivity contribution in [1.29, 1.82) is 0 Å². The van der Waals surface area contributed by atoms with Gasteiger partial charge in [-0.1, -0.05) is 24.8 Å². The van der Waals surface area contributed by atoms with Gasteiger partial charge >= 0.3 is 5.51 Å². The molecule has 1 N–H and O–H groups in total. The van der Waals surface area contributed by atoms with Crippen molar-refractivity contribution in [2.75, 3.05) is 0 Å². The molecule has 1 aromatic carbocycles. The summed E-state index contributed by atoms with van der Waals surface area (Å²) < 4.78 is 49.4. The lowest BCUT2D eigenvalue weighted by Gasteiger charge is -1.98. The summed E-state index contributed by atoms with van der Waals surface area (Å²) in [6, 6.07) is 6.48. The maximum atomic E-state index is 13.4. The van der Waals surface area contributed by atoms with Gasteiger partial charge in [0.15, 0.2) is 9.58 Å². The van der Waals surface area contributed by atoms with Gasteiger partial charge in [0.1, 0.15) is 10.5 Å². The lowest BCUT2D eigenvalue weighted by atomic mass is 10.1. The van der Waals surface area contributed by atoms with E-state index < -0.39 is 16.0 Å². The van der Waals surface area contributed by atoms with E-state index in [2.05, 4.69) is 6.58 Å². The second-order valence-corrected chi connectivity index (χ2v) is 6.86. The van der Waals surface area contributed by atoms with Crippen molar-refractivity contribution in [1.82, 2.24) is 0 Å². The molecule has 0 aliphatic carbocycles. The molecule has 0 amide bonds. The van der Waals surface area contributed by atoms with Gasteiger partial charge in [-0.15, -0.1) is 13.2 Å². The molecule has 1 nitrogen and oxygen atoms in total. The molecule has 1 atom stereocenters. The van der Waals surface area contributed by atoms with Crippen LogP contribution in [0.5, 0.6) is 0 Å². The SMILES string of the molecule is C=Cc1c(/C=C(\C)SO)[s+](C(F)(F)F)c2ccccc12. The van der Waals surface area contributed by atoms with Crippen molar-refractivity contribution in [3.8, 4) is 0 Å². The zero-order chi connectivity index (χ0) is 14.9. The van der Waals surface area contributed by atoms with Gasteiger partial charge in [0, 0.05) is 34.0 Å². The van der Waals surface area contributed by atoms with Crippen LogP contribution in [-0.2, 0) is 5.51 Å². The van der Waals surface area contributed by atoms with Crippen molar-refractivity contribution in [2.45, 2.75) is 12.4 Å². The lowest BCUT2D eigenvalue weighted by molar-refractivity contribution is -0.0866. The summed E-state index contributed by atoms with van der Waals surface area (Å²) in [7, 11) is -2.00. The third-order valence-electron chi connectivity index (χ3n) is 2.80. The van der Waals surface area contributed by atoms with E-state index in [0.29, 0.717) is 27.9 Å². The number of allylic oxidation sites excluding steroid dienone is 1. The van der Waals surface area contributed by atoms with E-state index in [4.69, 9.17) is 4.55 Å². The van der Waals surface area contributed by atoms with Crippen LogP contribution >= 0.6 is 22.5 Å². The first-order chi connectivity index (χ1) is 9.40. The van der Waals surface area contributed by atoms with Gasteiger partial charge in [-0.05, 0) is 19.1 Å². The van der Waals surface area contributed by atoms with Crippen LogP contribution in [0.15, 0.2) is 35.7 Å². The maximum absolute atomic E-state index is 13.4. The Kier molecular flexibility index (Phi) is 4.27. The number of hydrogen-bond acceptors (Lipinski definition) is 2. The summed E-state index contributed by atoms with van der Waals surface area (Å²) >= 11 is 0.445. The van der Waals surface area contributed by atoms with E-state index in [1.165, 1.54) is 18.2 Å². The van der Waals surface area contributed by atoms with Crippen molar-refractivity contribution in [3.63, 3.8) is 0 Å². The number of thiophene rings is 1. The summed E-state index contributed by atoms with van der Waals surface area (Å²) in [4.78, 5) is 0.571. The fourth-order valence-corrected chi connectivity index (χ4v) is 4.34. The van der Waals surface area contributed by atoms with E-state index in [1.807, 2.05) is 0 Å². The molecule has 0 aliphatic heterocycles. The smallest absolute Gasteiger partial charge is 0.326 e. The number of alkyl halides is 3. The third kappa shape index (κ3) is 2.63. The largest absolute Gasteiger partial charge is 0.601 e. The Morgan fingerprint density at radius 3 is 2.55 bits per heavy atom. The summed E-state index contributed by atoms with van der Waals surface area (Å²) in [5.74, 6) is 0. The van der Waals surface area contributed by atoms with E-state index in [9.17, 15) is 13.2 Å². The summed E-state index contributed by atoms with van der Waals surface area (Å²) in [5.41, 5.74) is -3.87. The molecule has 0 spiro atoms. The second kappa shape index (κ2) is 5.63. The van der Waals surface area contributed by atoms with Crippen LogP contribution in [0.1, 0.15) is 17.4 Å². The van der Waals surface area contributed by atoms with Gasteiger partial charge in [0.25, 0.3) is 0 Å². The molecule has 0 saturated heterocycles. The number of fused-ring (bicyclic) bond motifs is 1. The number of rotatable bonds is 3. The van der Waals surface area contributed by atoms with Crippen molar-refractivity contribution in [2.24, 2.45) is 0 Å². The molecule has 2 aromatic rings. The highest BCUT2D eigenvalue weighted by Gasteiger charge is 2.48. The number of halogens is 3. The minimum Gasteiger partial charge on any atom is -0.326 e. The molecule has 0 saturated carbocycles. The summed E-state index contributed by atoms with van der Waals surface area (Å²) in [5, 5.41) is 0.560. The van der Waals surface area contributed by atoms with Crippen LogP contribution < -0.4 is 0 Å². The molecular weight excluding hydrogens is 305 g/mol. The van der Waals surface area contributed by atoms with Gasteiger partial charge in [0.2, 0.25) is 0 Å². The Balaban J connectivity index is 2.92. The maximum Gasteiger partial charge on any atom is 0.601 e. The average molecular weight is 317 g/mol. The quantitative estimate of drug-likeness (QED) is 0.531. The fourth-order valence-electron chi connectivity index (χ4n) is 2.04. The van der Waals surface area contributed by atoms with Crippen molar-refractivity contribution >= 4 is 44.8 Å². The standard InChI is InChI=1S/C14H11F3OS2/c1-3-10-11-6-4-5-7-12(11)20(14(15,16)17)13(10)8-9(2)19-18/h3-8H,1H2,2H3/p+1/b9-8+. The first-order valence-electron chi connectivity index (χ1n) is 5.67. The predicted octanol–water partition coefficient (Wildman–Crippen LogP) is 6.28. The highest BCUT2D eigenvalue weighted by molar-refractivity contribution is 7.97. The summed E-state index contributed by atoms with van der Waals surface area (Å²) in [6.07, 6.45) is 2.83. The minimum absolute atomic E-state index is 0.160. The Bertz CT molecular complexity index is 684. The fraction of sp³-hybridized carbons (Fsp3) is 0.143. The van der Waals surface area contributed by atoms with Gasteiger partial charge in [-0.3, -0.25) is 0 Å². The van der Waals surface area contributed by atoms with Gasteiger partial charge in [0.05, 0.1) is 0 Å². The Hall–Kier alpha value is -1.24. The lowest BCUT2D eigenvalue weighted by Crippen LogP contribution is -1.96. The molecule has 6 heteroatoms. The Morgan fingerprint density at radius 2 is 2.00 bits per heavy atom. The summed E-state index contributed by atoms with van der Waals surface area (Å²) in [6.45, 7) is 5.19. The van der Waals surface area contributed by atoms with Crippen LogP contribution in [0, 0.1) is 0 Å². The predicted molar refractivity (Wildman–Crippen MR) is 81.7 cm³/mol. The Labute approximate surface area is 121 Å². The van der Waals surface area contributed by atoms with Crippen LogP contribution in [0.25, 0.3) is 22.2 Å². The van der Waals surface area contributed by atoms with E-state index >= 15 is 0 Å². The van der Waals surface area contributed by atoms with Crippen LogP contribution in [-0.4, -0.2) is 4.55 Å². The molecule has 2 rings (SSSR count). The molecule has 0 bridgehead atoms. The van der Waals surface area contributed by atoms with E-state index in [-0.39, 0.29) is 9.58 Å². The van der Waals surface area contributed by atoms with Gasteiger partial charge in [-0.25, -0.2) is 0 Å². The van der Waals surface area contributed by atoms with Gasteiger partial charge < -0.3 is 4.55 Å². The zero-order valence-electron chi connectivity index (χ0n) is 10.6. The van der Waals surface area contributed by atoms with E-state index in [0.717, 1.165) is 0 Å². The molecule has 0 radical (unpaired) electrons. The molecule has 1 aromatic heterocycles. The highest BCUT2D eigenvalue weighted by atomic mass is 32.2. The monoisotopic (exact) mass is 317 g/mol. The van der Waals surface area contributed by atoms with Crippen LogP contribution in [0.4, 0.5) is 13.2 Å². The van der Waals surface area contributed by atoms with Crippen LogP contribution in [0.3, 0.4) is 0 Å². The molecule has 1 unspecified atom stereocenters. The molecule has 20 heavy (non-hydrogen) atoms. The average Bonchev–Trinajstić information content (AvgIpc) is 2.71. The number of hydrogen-bond donors (Lipinski definition) is 1. The van der Waals surface area contributed by atoms with Crippen molar-refractivity contribution in [3.05, 3.63) is 46.2 Å².